The number of para-hydroxylation sites is 2. The first-order valence-corrected chi connectivity index (χ1v) is 13.4. The third-order valence-electron chi connectivity index (χ3n) is 8.56. The smallest absolute Gasteiger partial charge is 0.0588 e. The largest absolute Gasteiger partial charge is 0.308 e. The van der Waals surface area contributed by atoms with Crippen LogP contribution in [0.3, 0.4) is 0 Å². The van der Waals surface area contributed by atoms with E-state index < -0.39 is 0 Å². The summed E-state index contributed by atoms with van der Waals surface area (Å²) in [6.07, 6.45) is 0. The first-order chi connectivity index (χ1) is 18.6. The van der Waals surface area contributed by atoms with Gasteiger partial charge in [-0.2, -0.15) is 0 Å². The molecule has 0 amide bonds. The quantitative estimate of drug-likeness (QED) is 0.230. The fourth-order valence-electron chi connectivity index (χ4n) is 6.90. The number of hydrogen-bond acceptors (Lipinski definition) is 0. The van der Waals surface area contributed by atoms with E-state index >= 15 is 0 Å². The van der Waals surface area contributed by atoms with Gasteiger partial charge in [0.1, 0.15) is 0 Å². The zero-order valence-electron chi connectivity index (χ0n) is 21.6. The van der Waals surface area contributed by atoms with E-state index in [1.165, 1.54) is 71.6 Å². The molecule has 7 aromatic rings. The summed E-state index contributed by atoms with van der Waals surface area (Å²) in [5.41, 5.74) is 11.7. The summed E-state index contributed by atoms with van der Waals surface area (Å²) in [6.45, 7) is 4.80. The molecule has 8 rings (SSSR count). The van der Waals surface area contributed by atoms with Crippen LogP contribution in [0.2, 0.25) is 0 Å². The highest BCUT2D eigenvalue weighted by atomic mass is 15.0. The molecule has 1 heteroatoms. The van der Waals surface area contributed by atoms with Gasteiger partial charge in [-0.25, -0.2) is 0 Å². The molecular weight excluding hydrogens is 458 g/mol. The molecule has 0 saturated heterocycles. The molecule has 1 nitrogen and oxygen atoms in total. The Morgan fingerprint density at radius 2 is 1.24 bits per heavy atom. The third-order valence-corrected chi connectivity index (χ3v) is 8.56. The predicted molar refractivity (Wildman–Crippen MR) is 161 cm³/mol. The summed E-state index contributed by atoms with van der Waals surface area (Å²) >= 11 is 0. The van der Waals surface area contributed by atoms with Crippen molar-refractivity contribution in [1.82, 2.24) is 4.57 Å². The second kappa shape index (κ2) is 7.69. The van der Waals surface area contributed by atoms with E-state index in [2.05, 4.69) is 146 Å². The summed E-state index contributed by atoms with van der Waals surface area (Å²) in [5.74, 6) is 0. The average Bonchev–Trinajstić information content (AvgIpc) is 3.42. The van der Waals surface area contributed by atoms with E-state index in [9.17, 15) is 0 Å². The van der Waals surface area contributed by atoms with E-state index in [1.54, 1.807) is 0 Å². The molecule has 0 N–H and O–H groups in total. The fraction of sp³-hybridized carbons (Fsp3) is 0.0811. The van der Waals surface area contributed by atoms with Gasteiger partial charge in [0.25, 0.3) is 0 Å². The Labute approximate surface area is 222 Å². The van der Waals surface area contributed by atoms with Crippen LogP contribution in [0, 0.1) is 0 Å². The summed E-state index contributed by atoms with van der Waals surface area (Å²) in [6, 6.07) is 46.7. The zero-order valence-corrected chi connectivity index (χ0v) is 21.6. The van der Waals surface area contributed by atoms with Crippen LogP contribution in [0.1, 0.15) is 25.0 Å². The van der Waals surface area contributed by atoms with Crippen LogP contribution in [0.4, 0.5) is 0 Å². The lowest BCUT2D eigenvalue weighted by molar-refractivity contribution is 0.664. The summed E-state index contributed by atoms with van der Waals surface area (Å²) < 4.78 is 2.53. The van der Waals surface area contributed by atoms with Gasteiger partial charge in [0.05, 0.1) is 16.7 Å². The fourth-order valence-corrected chi connectivity index (χ4v) is 6.90. The SMILES string of the molecule is CC1(C)c2ccc3ccccc3c2-c2ccc3c4ccccc4n(-c4ccccc4-c4ccccc4)c3c21. The minimum absolute atomic E-state index is 0.137. The maximum absolute atomic E-state index is 2.53. The van der Waals surface area contributed by atoms with Crippen molar-refractivity contribution in [2.75, 3.05) is 0 Å². The van der Waals surface area contributed by atoms with Crippen LogP contribution in [0.5, 0.6) is 0 Å². The maximum atomic E-state index is 2.53. The van der Waals surface area contributed by atoms with Gasteiger partial charge in [-0.15, -0.1) is 0 Å². The molecule has 1 aliphatic carbocycles. The van der Waals surface area contributed by atoms with E-state index in [4.69, 9.17) is 0 Å². The highest BCUT2D eigenvalue weighted by molar-refractivity contribution is 6.15. The van der Waals surface area contributed by atoms with Gasteiger partial charge in [-0.05, 0) is 50.7 Å². The molecular formula is C37H27N. The second-order valence-electron chi connectivity index (χ2n) is 11.0. The monoisotopic (exact) mass is 485 g/mol. The maximum Gasteiger partial charge on any atom is 0.0588 e. The molecule has 0 radical (unpaired) electrons. The molecule has 0 aliphatic heterocycles. The summed E-state index contributed by atoms with van der Waals surface area (Å²) in [7, 11) is 0. The van der Waals surface area contributed by atoms with E-state index in [1.807, 2.05) is 0 Å². The van der Waals surface area contributed by atoms with E-state index in [-0.39, 0.29) is 5.41 Å². The van der Waals surface area contributed by atoms with Crippen molar-refractivity contribution in [3.63, 3.8) is 0 Å². The molecule has 6 aromatic carbocycles. The minimum Gasteiger partial charge on any atom is -0.308 e. The molecule has 1 aliphatic rings. The van der Waals surface area contributed by atoms with Crippen LogP contribution in [0.15, 0.2) is 127 Å². The Morgan fingerprint density at radius 3 is 2.11 bits per heavy atom. The van der Waals surface area contributed by atoms with Gasteiger partial charge < -0.3 is 4.57 Å². The van der Waals surface area contributed by atoms with Crippen molar-refractivity contribution < 1.29 is 0 Å². The van der Waals surface area contributed by atoms with Gasteiger partial charge >= 0.3 is 0 Å². The summed E-state index contributed by atoms with van der Waals surface area (Å²) in [4.78, 5) is 0. The highest BCUT2D eigenvalue weighted by Crippen LogP contribution is 2.55. The molecule has 0 bridgehead atoms. The van der Waals surface area contributed by atoms with Crippen molar-refractivity contribution in [3.05, 3.63) is 139 Å². The van der Waals surface area contributed by atoms with Crippen LogP contribution >= 0.6 is 0 Å². The Kier molecular flexibility index (Phi) is 4.35. The van der Waals surface area contributed by atoms with Gasteiger partial charge in [0, 0.05) is 21.8 Å². The lowest BCUT2D eigenvalue weighted by Gasteiger charge is -2.24. The normalized spacial score (nSPS) is 13.7. The van der Waals surface area contributed by atoms with Crippen molar-refractivity contribution in [2.45, 2.75) is 19.3 Å². The van der Waals surface area contributed by atoms with Crippen LogP contribution in [-0.2, 0) is 5.41 Å². The van der Waals surface area contributed by atoms with Gasteiger partial charge in [-0.1, -0.05) is 129 Å². The third kappa shape index (κ3) is 2.76. The molecule has 0 atom stereocenters. The van der Waals surface area contributed by atoms with Crippen LogP contribution < -0.4 is 0 Å². The lowest BCUT2D eigenvalue weighted by Crippen LogP contribution is -2.16. The number of aromatic nitrogens is 1. The van der Waals surface area contributed by atoms with Crippen LogP contribution in [-0.4, -0.2) is 4.57 Å². The molecule has 38 heavy (non-hydrogen) atoms. The minimum atomic E-state index is -0.137. The Bertz CT molecular complexity index is 2040. The number of nitrogens with zero attached hydrogens (tertiary/aromatic N) is 1. The number of hydrogen-bond donors (Lipinski definition) is 0. The van der Waals surface area contributed by atoms with Crippen molar-refractivity contribution in [2.24, 2.45) is 0 Å². The first-order valence-electron chi connectivity index (χ1n) is 13.4. The predicted octanol–water partition coefficient (Wildman–Crippen LogP) is 9.91. The topological polar surface area (TPSA) is 4.93 Å². The van der Waals surface area contributed by atoms with Gasteiger partial charge in [0.2, 0.25) is 0 Å². The molecule has 1 heterocycles. The Morgan fingerprint density at radius 1 is 0.526 bits per heavy atom. The second-order valence-corrected chi connectivity index (χ2v) is 11.0. The van der Waals surface area contributed by atoms with E-state index in [0.29, 0.717) is 0 Å². The summed E-state index contributed by atoms with van der Waals surface area (Å²) in [5, 5.41) is 5.24. The number of rotatable bonds is 2. The Hall–Kier alpha value is -4.62. The van der Waals surface area contributed by atoms with Crippen molar-refractivity contribution in [1.29, 1.82) is 0 Å². The lowest BCUT2D eigenvalue weighted by atomic mass is 9.81. The number of benzene rings is 6. The van der Waals surface area contributed by atoms with Crippen molar-refractivity contribution in [3.8, 4) is 27.9 Å². The average molecular weight is 486 g/mol. The molecule has 0 unspecified atom stereocenters. The van der Waals surface area contributed by atoms with Crippen LogP contribution in [0.25, 0.3) is 60.5 Å². The molecule has 0 fully saturated rings. The molecule has 180 valence electrons. The van der Waals surface area contributed by atoms with Gasteiger partial charge in [-0.3, -0.25) is 0 Å². The molecule has 1 aromatic heterocycles. The molecule has 0 spiro atoms. The molecule has 0 saturated carbocycles. The zero-order chi connectivity index (χ0) is 25.4. The Balaban J connectivity index is 1.56. The van der Waals surface area contributed by atoms with Crippen molar-refractivity contribution >= 4 is 32.6 Å². The first kappa shape index (κ1) is 21.5. The van der Waals surface area contributed by atoms with Gasteiger partial charge in [0.15, 0.2) is 0 Å². The van der Waals surface area contributed by atoms with E-state index in [0.717, 1.165) is 0 Å². The highest BCUT2D eigenvalue weighted by Gasteiger charge is 2.39. The standard InChI is InChI=1S/C37H27N/c1-37(2)31-23-20-25-14-6-7-16-27(25)34(31)30-22-21-29-28-17-9-11-19-33(28)38(36(29)35(30)37)32-18-10-8-15-26(32)24-12-4-3-5-13-24/h3-23H,1-2H3. The number of fused-ring (bicyclic) bond motifs is 9.